The van der Waals surface area contributed by atoms with Crippen molar-refractivity contribution in [2.75, 3.05) is 13.1 Å². The van der Waals surface area contributed by atoms with Crippen LogP contribution in [0.5, 0.6) is 0 Å². The summed E-state index contributed by atoms with van der Waals surface area (Å²) >= 11 is 0. The lowest BCUT2D eigenvalue weighted by Crippen LogP contribution is -2.57. The van der Waals surface area contributed by atoms with Crippen LogP contribution in [0.1, 0.15) is 22.8 Å². The molecule has 1 aromatic heterocycles. The van der Waals surface area contributed by atoms with Gasteiger partial charge >= 0.3 is 0 Å². The number of hydrogen-bond donors (Lipinski definition) is 1. The maximum absolute atomic E-state index is 12.7. The Kier molecular flexibility index (Phi) is 4.49. The van der Waals surface area contributed by atoms with Crippen molar-refractivity contribution >= 4 is 5.91 Å². The zero-order valence-corrected chi connectivity index (χ0v) is 12.8. The van der Waals surface area contributed by atoms with Gasteiger partial charge in [-0.15, -0.1) is 0 Å². The lowest BCUT2D eigenvalue weighted by Gasteiger charge is -2.39. The Labute approximate surface area is 131 Å². The van der Waals surface area contributed by atoms with Gasteiger partial charge in [-0.2, -0.15) is 0 Å². The van der Waals surface area contributed by atoms with Gasteiger partial charge in [-0.1, -0.05) is 30.3 Å². The molecule has 1 fully saturated rings. The van der Waals surface area contributed by atoms with Crippen molar-refractivity contribution in [3.8, 4) is 0 Å². The molecular weight excluding hydrogens is 274 g/mol. The number of aromatic nitrogens is 1. The van der Waals surface area contributed by atoms with E-state index in [1.165, 1.54) is 5.56 Å². The van der Waals surface area contributed by atoms with Crippen LogP contribution in [0.4, 0.5) is 0 Å². The molecule has 1 saturated heterocycles. The first-order valence-electron chi connectivity index (χ1n) is 7.72. The molecule has 0 bridgehead atoms. The van der Waals surface area contributed by atoms with Gasteiger partial charge in [0.05, 0.1) is 0 Å². The monoisotopic (exact) mass is 295 g/mol. The summed E-state index contributed by atoms with van der Waals surface area (Å²) in [5.41, 5.74) is 2.01. The average Bonchev–Trinajstić information content (AvgIpc) is 2.58. The minimum Gasteiger partial charge on any atom is -0.333 e. The lowest BCUT2D eigenvalue weighted by molar-refractivity contribution is 0.0607. The second-order valence-electron chi connectivity index (χ2n) is 5.84. The maximum atomic E-state index is 12.7. The third-order valence-electron chi connectivity index (χ3n) is 4.16. The first-order valence-corrected chi connectivity index (χ1v) is 7.72. The molecule has 22 heavy (non-hydrogen) atoms. The fraction of sp³-hybridized carbons (Fsp3) is 0.333. The number of hydrogen-bond acceptors (Lipinski definition) is 3. The van der Waals surface area contributed by atoms with Crippen LogP contribution in [0.25, 0.3) is 0 Å². The highest BCUT2D eigenvalue weighted by Crippen LogP contribution is 2.14. The van der Waals surface area contributed by atoms with Gasteiger partial charge < -0.3 is 10.2 Å². The van der Waals surface area contributed by atoms with E-state index in [4.69, 9.17) is 0 Å². The van der Waals surface area contributed by atoms with Crippen molar-refractivity contribution in [3.05, 3.63) is 66.0 Å². The van der Waals surface area contributed by atoms with Gasteiger partial charge in [0.1, 0.15) is 0 Å². The third kappa shape index (κ3) is 3.34. The topological polar surface area (TPSA) is 45.2 Å². The van der Waals surface area contributed by atoms with Crippen LogP contribution in [0.15, 0.2) is 54.9 Å². The quantitative estimate of drug-likeness (QED) is 0.943. The van der Waals surface area contributed by atoms with E-state index in [1.54, 1.807) is 24.5 Å². The Bertz CT molecular complexity index is 615. The van der Waals surface area contributed by atoms with Crippen LogP contribution in [0.3, 0.4) is 0 Å². The normalized spacial score (nSPS) is 21.6. The number of piperazine rings is 1. The summed E-state index contributed by atoms with van der Waals surface area (Å²) in [6.45, 7) is 3.65. The van der Waals surface area contributed by atoms with Crippen LogP contribution < -0.4 is 5.32 Å². The summed E-state index contributed by atoms with van der Waals surface area (Å²) in [5.74, 6) is 0.0921. The second kappa shape index (κ2) is 6.71. The molecule has 0 aliphatic carbocycles. The second-order valence-corrected chi connectivity index (χ2v) is 5.84. The lowest BCUT2D eigenvalue weighted by atomic mass is 10.0. The molecule has 1 aliphatic heterocycles. The van der Waals surface area contributed by atoms with Gasteiger partial charge in [-0.3, -0.25) is 9.78 Å². The number of benzene rings is 1. The first kappa shape index (κ1) is 14.7. The van der Waals surface area contributed by atoms with Crippen LogP contribution in [0.2, 0.25) is 0 Å². The highest BCUT2D eigenvalue weighted by molar-refractivity contribution is 5.94. The van der Waals surface area contributed by atoms with Gasteiger partial charge in [-0.05, 0) is 31.0 Å². The summed E-state index contributed by atoms with van der Waals surface area (Å²) in [5, 5.41) is 3.55. The summed E-state index contributed by atoms with van der Waals surface area (Å²) in [4.78, 5) is 18.6. The van der Waals surface area contributed by atoms with E-state index in [0.29, 0.717) is 11.6 Å². The summed E-state index contributed by atoms with van der Waals surface area (Å²) in [7, 11) is 0. The Morgan fingerprint density at radius 2 is 1.95 bits per heavy atom. The molecule has 114 valence electrons. The molecular formula is C18H21N3O. The number of amides is 1. The Morgan fingerprint density at radius 3 is 2.68 bits per heavy atom. The summed E-state index contributed by atoms with van der Waals surface area (Å²) in [6, 6.07) is 14.5. The van der Waals surface area contributed by atoms with E-state index in [0.717, 1.165) is 19.5 Å². The molecule has 4 nitrogen and oxygen atoms in total. The van der Waals surface area contributed by atoms with Crippen molar-refractivity contribution in [2.24, 2.45) is 0 Å². The largest absolute Gasteiger partial charge is 0.333 e. The van der Waals surface area contributed by atoms with E-state index in [1.807, 2.05) is 11.0 Å². The third-order valence-corrected chi connectivity index (χ3v) is 4.16. The van der Waals surface area contributed by atoms with Gasteiger partial charge in [0.2, 0.25) is 0 Å². The standard InChI is InChI=1S/C18H21N3O/c1-14-12-20-17(11-15-5-3-2-4-6-15)13-21(14)18(22)16-7-9-19-10-8-16/h2-10,14,17,20H,11-13H2,1H3. The van der Waals surface area contributed by atoms with Crippen molar-refractivity contribution in [3.63, 3.8) is 0 Å². The fourth-order valence-corrected chi connectivity index (χ4v) is 2.91. The highest BCUT2D eigenvalue weighted by Gasteiger charge is 2.29. The van der Waals surface area contributed by atoms with Gasteiger partial charge in [0.25, 0.3) is 5.91 Å². The molecule has 0 saturated carbocycles. The van der Waals surface area contributed by atoms with Crippen molar-refractivity contribution in [2.45, 2.75) is 25.4 Å². The molecule has 4 heteroatoms. The predicted molar refractivity (Wildman–Crippen MR) is 86.7 cm³/mol. The zero-order chi connectivity index (χ0) is 15.4. The number of carbonyl (C=O) groups is 1. The number of nitrogens with zero attached hydrogens (tertiary/aromatic N) is 2. The Balaban J connectivity index is 1.70. The van der Waals surface area contributed by atoms with Crippen LogP contribution in [0, 0.1) is 0 Å². The predicted octanol–water partition coefficient (Wildman–Crippen LogP) is 2.13. The van der Waals surface area contributed by atoms with Gasteiger partial charge in [0.15, 0.2) is 0 Å². The number of rotatable bonds is 3. The molecule has 1 N–H and O–H groups in total. The molecule has 3 rings (SSSR count). The van der Waals surface area contributed by atoms with Crippen LogP contribution in [-0.4, -0.2) is 41.0 Å². The minimum atomic E-state index is 0.0921. The molecule has 2 unspecified atom stereocenters. The summed E-state index contributed by atoms with van der Waals surface area (Å²) < 4.78 is 0. The number of carbonyl (C=O) groups excluding carboxylic acids is 1. The van der Waals surface area contributed by atoms with E-state index >= 15 is 0 Å². The fourth-order valence-electron chi connectivity index (χ4n) is 2.91. The molecule has 1 aliphatic rings. The molecule has 2 heterocycles. The van der Waals surface area contributed by atoms with E-state index < -0.39 is 0 Å². The molecule has 1 aromatic carbocycles. The SMILES string of the molecule is CC1CNC(Cc2ccccc2)CN1C(=O)c1ccncc1. The van der Waals surface area contributed by atoms with Crippen molar-refractivity contribution in [1.82, 2.24) is 15.2 Å². The van der Waals surface area contributed by atoms with Crippen molar-refractivity contribution < 1.29 is 4.79 Å². The molecule has 2 atom stereocenters. The minimum absolute atomic E-state index is 0.0921. The van der Waals surface area contributed by atoms with E-state index in [-0.39, 0.29) is 11.9 Å². The number of nitrogens with one attached hydrogen (secondary N) is 1. The summed E-state index contributed by atoms with van der Waals surface area (Å²) in [6.07, 6.45) is 4.27. The first-order chi connectivity index (χ1) is 10.7. The molecule has 1 amide bonds. The Hall–Kier alpha value is -2.20. The maximum Gasteiger partial charge on any atom is 0.254 e. The molecule has 2 aromatic rings. The molecule has 0 spiro atoms. The average molecular weight is 295 g/mol. The van der Waals surface area contributed by atoms with E-state index in [2.05, 4.69) is 41.5 Å². The van der Waals surface area contributed by atoms with Crippen LogP contribution >= 0.6 is 0 Å². The number of pyridine rings is 1. The van der Waals surface area contributed by atoms with Crippen molar-refractivity contribution in [1.29, 1.82) is 0 Å². The zero-order valence-electron chi connectivity index (χ0n) is 12.8. The molecule has 0 radical (unpaired) electrons. The van der Waals surface area contributed by atoms with Gasteiger partial charge in [0, 0.05) is 43.1 Å². The highest BCUT2D eigenvalue weighted by atomic mass is 16.2. The Morgan fingerprint density at radius 1 is 1.23 bits per heavy atom. The van der Waals surface area contributed by atoms with E-state index in [9.17, 15) is 4.79 Å². The van der Waals surface area contributed by atoms with Crippen LogP contribution in [-0.2, 0) is 6.42 Å². The van der Waals surface area contributed by atoms with Gasteiger partial charge in [-0.25, -0.2) is 0 Å². The smallest absolute Gasteiger partial charge is 0.254 e.